The molecule has 2 nitrogen and oxygen atoms in total. The molecule has 0 fully saturated rings. The standard InChI is InChI=1S/C13H21NO/c1-8-7-9(2)12(11(4)14-5)13(15-6)10(8)3/h7,11,14H,1-6H3. The van der Waals surface area contributed by atoms with Crippen molar-refractivity contribution in [1.29, 1.82) is 0 Å². The summed E-state index contributed by atoms with van der Waals surface area (Å²) in [4.78, 5) is 0. The predicted molar refractivity (Wildman–Crippen MR) is 64.7 cm³/mol. The Hall–Kier alpha value is -1.02. The van der Waals surface area contributed by atoms with Crippen LogP contribution >= 0.6 is 0 Å². The third-order valence-electron chi connectivity index (χ3n) is 3.10. The fourth-order valence-corrected chi connectivity index (χ4v) is 2.02. The minimum Gasteiger partial charge on any atom is -0.496 e. The number of hydrogen-bond acceptors (Lipinski definition) is 2. The highest BCUT2D eigenvalue weighted by molar-refractivity contribution is 5.50. The van der Waals surface area contributed by atoms with E-state index in [-0.39, 0.29) is 0 Å². The van der Waals surface area contributed by atoms with Crippen LogP contribution < -0.4 is 10.1 Å². The Kier molecular flexibility index (Phi) is 3.75. The third kappa shape index (κ3) is 2.15. The van der Waals surface area contributed by atoms with Crippen LogP contribution in [-0.2, 0) is 0 Å². The summed E-state index contributed by atoms with van der Waals surface area (Å²) in [5.41, 5.74) is 5.08. The van der Waals surface area contributed by atoms with Crippen molar-refractivity contribution in [2.24, 2.45) is 0 Å². The van der Waals surface area contributed by atoms with Crippen molar-refractivity contribution in [3.05, 3.63) is 28.3 Å². The highest BCUT2D eigenvalue weighted by atomic mass is 16.5. The van der Waals surface area contributed by atoms with Gasteiger partial charge >= 0.3 is 0 Å². The van der Waals surface area contributed by atoms with Gasteiger partial charge in [0.1, 0.15) is 5.75 Å². The van der Waals surface area contributed by atoms with E-state index in [0.29, 0.717) is 6.04 Å². The topological polar surface area (TPSA) is 21.3 Å². The first kappa shape index (κ1) is 12.1. The van der Waals surface area contributed by atoms with Crippen LogP contribution in [-0.4, -0.2) is 14.2 Å². The van der Waals surface area contributed by atoms with Crippen molar-refractivity contribution in [2.45, 2.75) is 33.7 Å². The Labute approximate surface area is 92.6 Å². The normalized spacial score (nSPS) is 12.7. The maximum atomic E-state index is 5.52. The molecule has 0 aliphatic carbocycles. The summed E-state index contributed by atoms with van der Waals surface area (Å²) in [6.45, 7) is 8.52. The van der Waals surface area contributed by atoms with Crippen molar-refractivity contribution in [3.8, 4) is 5.75 Å². The van der Waals surface area contributed by atoms with Gasteiger partial charge in [0.05, 0.1) is 7.11 Å². The number of benzene rings is 1. The molecule has 1 unspecified atom stereocenters. The van der Waals surface area contributed by atoms with Crippen molar-refractivity contribution in [2.75, 3.05) is 14.2 Å². The van der Waals surface area contributed by atoms with Gasteiger partial charge in [-0.3, -0.25) is 0 Å². The fraction of sp³-hybridized carbons (Fsp3) is 0.538. The van der Waals surface area contributed by atoms with Gasteiger partial charge in [-0.1, -0.05) is 6.07 Å². The number of hydrogen-bond donors (Lipinski definition) is 1. The summed E-state index contributed by atoms with van der Waals surface area (Å²) in [5, 5.41) is 3.26. The lowest BCUT2D eigenvalue weighted by Crippen LogP contribution is -2.15. The minimum atomic E-state index is 0.319. The van der Waals surface area contributed by atoms with Crippen LogP contribution in [0.4, 0.5) is 0 Å². The first-order valence-electron chi connectivity index (χ1n) is 5.34. The van der Waals surface area contributed by atoms with E-state index in [4.69, 9.17) is 4.74 Å². The molecule has 2 heteroatoms. The average Bonchev–Trinajstić information content (AvgIpc) is 2.21. The number of methoxy groups -OCH3 is 1. The predicted octanol–water partition coefficient (Wildman–Crippen LogP) is 2.90. The van der Waals surface area contributed by atoms with E-state index in [9.17, 15) is 0 Å². The van der Waals surface area contributed by atoms with Gasteiger partial charge in [0.25, 0.3) is 0 Å². The lowest BCUT2D eigenvalue weighted by Gasteiger charge is -2.21. The van der Waals surface area contributed by atoms with E-state index < -0.39 is 0 Å². The molecule has 1 atom stereocenters. The van der Waals surface area contributed by atoms with Gasteiger partial charge in [-0.05, 0) is 51.4 Å². The van der Waals surface area contributed by atoms with E-state index in [1.54, 1.807) is 7.11 Å². The molecule has 1 aromatic rings. The van der Waals surface area contributed by atoms with Crippen molar-refractivity contribution < 1.29 is 4.74 Å². The first-order valence-corrected chi connectivity index (χ1v) is 5.34. The zero-order chi connectivity index (χ0) is 11.6. The zero-order valence-corrected chi connectivity index (χ0v) is 10.6. The van der Waals surface area contributed by atoms with Crippen LogP contribution in [0.25, 0.3) is 0 Å². The molecule has 0 bridgehead atoms. The fourth-order valence-electron chi connectivity index (χ4n) is 2.02. The van der Waals surface area contributed by atoms with Crippen LogP contribution in [0.15, 0.2) is 6.07 Å². The Morgan fingerprint density at radius 1 is 1.20 bits per heavy atom. The quantitative estimate of drug-likeness (QED) is 0.823. The molecule has 0 amide bonds. The third-order valence-corrected chi connectivity index (χ3v) is 3.10. The van der Waals surface area contributed by atoms with E-state index in [0.717, 1.165) is 5.75 Å². The van der Waals surface area contributed by atoms with Gasteiger partial charge in [-0.15, -0.1) is 0 Å². The molecule has 0 aliphatic rings. The largest absolute Gasteiger partial charge is 0.496 e. The van der Waals surface area contributed by atoms with Crippen molar-refractivity contribution in [3.63, 3.8) is 0 Å². The smallest absolute Gasteiger partial charge is 0.127 e. The highest BCUT2D eigenvalue weighted by Crippen LogP contribution is 2.33. The molecular weight excluding hydrogens is 186 g/mol. The molecule has 0 aliphatic heterocycles. The molecule has 0 heterocycles. The van der Waals surface area contributed by atoms with E-state index >= 15 is 0 Å². The molecule has 1 N–H and O–H groups in total. The second-order valence-corrected chi connectivity index (χ2v) is 4.09. The van der Waals surface area contributed by atoms with Crippen molar-refractivity contribution >= 4 is 0 Å². The molecule has 0 saturated carbocycles. The Bertz CT molecular complexity index is 358. The van der Waals surface area contributed by atoms with Gasteiger partial charge in [0, 0.05) is 11.6 Å². The van der Waals surface area contributed by atoms with Gasteiger partial charge in [-0.2, -0.15) is 0 Å². The van der Waals surface area contributed by atoms with Gasteiger partial charge in [0.15, 0.2) is 0 Å². The number of aryl methyl sites for hydroxylation is 2. The summed E-state index contributed by atoms with van der Waals surface area (Å²) in [6.07, 6.45) is 0. The molecule has 84 valence electrons. The molecule has 1 aromatic carbocycles. The molecule has 1 rings (SSSR count). The Morgan fingerprint density at radius 2 is 1.80 bits per heavy atom. The lowest BCUT2D eigenvalue weighted by atomic mass is 9.95. The summed E-state index contributed by atoms with van der Waals surface area (Å²) < 4.78 is 5.52. The molecule has 0 radical (unpaired) electrons. The number of nitrogens with one attached hydrogen (secondary N) is 1. The first-order chi connectivity index (χ1) is 7.02. The van der Waals surface area contributed by atoms with Crippen LogP contribution in [0.2, 0.25) is 0 Å². The number of ether oxygens (including phenoxy) is 1. The summed E-state index contributed by atoms with van der Waals surface area (Å²) in [5.74, 6) is 1.02. The summed E-state index contributed by atoms with van der Waals surface area (Å²) >= 11 is 0. The second kappa shape index (κ2) is 4.67. The summed E-state index contributed by atoms with van der Waals surface area (Å²) in [7, 11) is 3.71. The van der Waals surface area contributed by atoms with Crippen LogP contribution in [0.1, 0.15) is 35.2 Å². The van der Waals surface area contributed by atoms with E-state index in [1.807, 2.05) is 7.05 Å². The van der Waals surface area contributed by atoms with E-state index in [1.165, 1.54) is 22.3 Å². The molecule has 15 heavy (non-hydrogen) atoms. The lowest BCUT2D eigenvalue weighted by molar-refractivity contribution is 0.399. The van der Waals surface area contributed by atoms with Gasteiger partial charge in [-0.25, -0.2) is 0 Å². The van der Waals surface area contributed by atoms with E-state index in [2.05, 4.69) is 39.1 Å². The zero-order valence-electron chi connectivity index (χ0n) is 10.6. The minimum absolute atomic E-state index is 0.319. The molecular formula is C13H21NO. The van der Waals surface area contributed by atoms with Crippen LogP contribution in [0, 0.1) is 20.8 Å². The van der Waals surface area contributed by atoms with Gasteiger partial charge < -0.3 is 10.1 Å². The highest BCUT2D eigenvalue weighted by Gasteiger charge is 2.16. The second-order valence-electron chi connectivity index (χ2n) is 4.09. The average molecular weight is 207 g/mol. The molecule has 0 saturated heterocycles. The van der Waals surface area contributed by atoms with Crippen molar-refractivity contribution in [1.82, 2.24) is 5.32 Å². The monoisotopic (exact) mass is 207 g/mol. The summed E-state index contributed by atoms with van der Waals surface area (Å²) in [6, 6.07) is 2.54. The Morgan fingerprint density at radius 3 is 2.27 bits per heavy atom. The van der Waals surface area contributed by atoms with Gasteiger partial charge in [0.2, 0.25) is 0 Å². The van der Waals surface area contributed by atoms with Crippen LogP contribution in [0.5, 0.6) is 5.75 Å². The molecule has 0 spiro atoms. The molecule has 0 aromatic heterocycles. The maximum absolute atomic E-state index is 5.52. The van der Waals surface area contributed by atoms with Crippen LogP contribution in [0.3, 0.4) is 0 Å². The SMILES string of the molecule is CNC(C)c1c(C)cc(C)c(C)c1OC. The maximum Gasteiger partial charge on any atom is 0.127 e. The number of rotatable bonds is 3. The Balaban J connectivity index is 3.41.